The average Bonchev–Trinajstić information content (AvgIpc) is 2.26. The van der Waals surface area contributed by atoms with Crippen LogP contribution in [0.2, 0.25) is 0 Å². The van der Waals surface area contributed by atoms with E-state index in [9.17, 15) is 4.79 Å². The molecule has 4 heteroatoms. The van der Waals surface area contributed by atoms with E-state index in [4.69, 9.17) is 11.6 Å². The number of nitrogens with one attached hydrogen (secondary N) is 1. The van der Waals surface area contributed by atoms with Crippen LogP contribution in [0, 0.1) is 0 Å². The van der Waals surface area contributed by atoms with Crippen LogP contribution in [0.1, 0.15) is 5.56 Å². The molecule has 1 aromatic rings. The zero-order valence-corrected chi connectivity index (χ0v) is 9.71. The Hall–Kier alpha value is -1.22. The average molecular weight is 227 g/mol. The van der Waals surface area contributed by atoms with Crippen LogP contribution < -0.4 is 10.2 Å². The lowest BCUT2D eigenvalue weighted by Crippen LogP contribution is -2.25. The fraction of sp³-hybridized carbons (Fsp3) is 0.364. The highest BCUT2D eigenvalue weighted by atomic mass is 35.5. The molecule has 15 heavy (non-hydrogen) atoms. The van der Waals surface area contributed by atoms with Gasteiger partial charge < -0.3 is 10.2 Å². The van der Waals surface area contributed by atoms with Gasteiger partial charge in [0, 0.05) is 26.3 Å². The van der Waals surface area contributed by atoms with Gasteiger partial charge in [-0.2, -0.15) is 0 Å². The monoisotopic (exact) mass is 226 g/mol. The van der Waals surface area contributed by atoms with Crippen LogP contribution in [0.4, 0.5) is 5.69 Å². The van der Waals surface area contributed by atoms with Crippen LogP contribution in [-0.4, -0.2) is 25.9 Å². The van der Waals surface area contributed by atoms with Crippen molar-refractivity contribution < 1.29 is 4.79 Å². The van der Waals surface area contributed by atoms with Crippen molar-refractivity contribution >= 4 is 23.2 Å². The van der Waals surface area contributed by atoms with Crippen molar-refractivity contribution in [2.75, 3.05) is 24.9 Å². The fourth-order valence-electron chi connectivity index (χ4n) is 1.34. The summed E-state index contributed by atoms with van der Waals surface area (Å²) in [5, 5.41) is 2.75. The summed E-state index contributed by atoms with van der Waals surface area (Å²) in [6.45, 7) is 0.514. The van der Waals surface area contributed by atoms with E-state index in [1.165, 1.54) is 0 Å². The summed E-state index contributed by atoms with van der Waals surface area (Å²) in [5.41, 5.74) is 2.19. The number of carbonyl (C=O) groups excluding carboxylic acids is 1. The van der Waals surface area contributed by atoms with Crippen molar-refractivity contribution in [3.8, 4) is 0 Å². The maximum atomic E-state index is 11.0. The van der Waals surface area contributed by atoms with Crippen LogP contribution in [0.15, 0.2) is 24.3 Å². The van der Waals surface area contributed by atoms with Crippen molar-refractivity contribution in [1.29, 1.82) is 0 Å². The molecule has 0 aliphatic rings. The Morgan fingerprint density at radius 2 is 2.07 bits per heavy atom. The zero-order valence-electron chi connectivity index (χ0n) is 8.96. The molecular formula is C11H15ClN2O. The number of halogens is 1. The number of alkyl halides is 1. The summed E-state index contributed by atoms with van der Waals surface area (Å²) < 4.78 is 0. The van der Waals surface area contributed by atoms with E-state index in [1.807, 2.05) is 43.3 Å². The Labute approximate surface area is 95.0 Å². The molecule has 0 unspecified atom stereocenters. The van der Waals surface area contributed by atoms with Crippen LogP contribution >= 0.6 is 11.6 Å². The van der Waals surface area contributed by atoms with Crippen molar-refractivity contribution in [3.63, 3.8) is 0 Å². The molecule has 0 spiro atoms. The first-order chi connectivity index (χ1) is 7.15. The van der Waals surface area contributed by atoms with Crippen molar-refractivity contribution in [2.45, 2.75) is 6.54 Å². The van der Waals surface area contributed by atoms with Gasteiger partial charge in [-0.25, -0.2) is 0 Å². The minimum absolute atomic E-state index is 0.00410. The van der Waals surface area contributed by atoms with Gasteiger partial charge in [-0.15, -0.1) is 11.6 Å². The van der Waals surface area contributed by atoms with E-state index >= 15 is 0 Å². The highest BCUT2D eigenvalue weighted by Gasteiger charge is 2.04. The molecule has 1 N–H and O–H groups in total. The van der Waals surface area contributed by atoms with Crippen molar-refractivity contribution in [3.05, 3.63) is 29.8 Å². The summed E-state index contributed by atoms with van der Waals surface area (Å²) in [6.07, 6.45) is 0. The number of para-hydroxylation sites is 1. The molecule has 0 bridgehead atoms. The van der Waals surface area contributed by atoms with Crippen LogP contribution in [0.5, 0.6) is 0 Å². The zero-order chi connectivity index (χ0) is 11.3. The molecule has 0 aliphatic heterocycles. The maximum absolute atomic E-state index is 11.0. The topological polar surface area (TPSA) is 32.3 Å². The molecule has 0 atom stereocenters. The number of hydrogen-bond donors (Lipinski definition) is 1. The molecule has 0 heterocycles. The van der Waals surface area contributed by atoms with Gasteiger partial charge in [-0.05, 0) is 11.6 Å². The third kappa shape index (κ3) is 3.44. The summed E-state index contributed by atoms with van der Waals surface area (Å²) in [5.74, 6) is -0.144. The molecule has 3 nitrogen and oxygen atoms in total. The van der Waals surface area contributed by atoms with E-state index in [2.05, 4.69) is 5.32 Å². The third-order valence-electron chi connectivity index (χ3n) is 2.07. The second-order valence-electron chi connectivity index (χ2n) is 3.43. The molecule has 1 rings (SSSR count). The first kappa shape index (κ1) is 11.9. The first-order valence-electron chi connectivity index (χ1n) is 4.73. The Morgan fingerprint density at radius 1 is 1.40 bits per heavy atom. The number of benzene rings is 1. The molecule has 0 fully saturated rings. The fourth-order valence-corrected chi connectivity index (χ4v) is 1.43. The summed E-state index contributed by atoms with van der Waals surface area (Å²) in [7, 11) is 3.95. The number of nitrogens with zero attached hydrogens (tertiary/aromatic N) is 1. The molecule has 0 saturated heterocycles. The minimum atomic E-state index is -0.148. The number of carbonyl (C=O) groups is 1. The van der Waals surface area contributed by atoms with E-state index in [1.54, 1.807) is 0 Å². The SMILES string of the molecule is CN(C)c1ccccc1CNC(=O)CCl. The van der Waals surface area contributed by atoms with Gasteiger partial charge in [0.2, 0.25) is 5.91 Å². The minimum Gasteiger partial charge on any atom is -0.377 e. The Morgan fingerprint density at radius 3 is 2.67 bits per heavy atom. The second kappa shape index (κ2) is 5.61. The highest BCUT2D eigenvalue weighted by Crippen LogP contribution is 2.17. The maximum Gasteiger partial charge on any atom is 0.235 e. The van der Waals surface area contributed by atoms with Gasteiger partial charge in [0.05, 0.1) is 0 Å². The smallest absolute Gasteiger partial charge is 0.235 e. The van der Waals surface area contributed by atoms with E-state index in [0.29, 0.717) is 6.54 Å². The quantitative estimate of drug-likeness (QED) is 0.792. The molecule has 0 radical (unpaired) electrons. The van der Waals surface area contributed by atoms with Gasteiger partial charge in [-0.1, -0.05) is 18.2 Å². The molecule has 1 amide bonds. The summed E-state index contributed by atoms with van der Waals surface area (Å²) >= 11 is 5.40. The Balaban J connectivity index is 2.71. The second-order valence-corrected chi connectivity index (χ2v) is 3.70. The predicted octanol–water partition coefficient (Wildman–Crippen LogP) is 1.61. The third-order valence-corrected chi connectivity index (χ3v) is 2.31. The predicted molar refractivity (Wildman–Crippen MR) is 63.3 cm³/mol. The Bertz CT molecular complexity index is 339. The number of amides is 1. The highest BCUT2D eigenvalue weighted by molar-refractivity contribution is 6.27. The lowest BCUT2D eigenvalue weighted by molar-refractivity contribution is -0.118. The standard InChI is InChI=1S/C11H15ClN2O/c1-14(2)10-6-4-3-5-9(10)8-13-11(15)7-12/h3-6H,7-8H2,1-2H3,(H,13,15). The van der Waals surface area contributed by atoms with E-state index in [-0.39, 0.29) is 11.8 Å². The lowest BCUT2D eigenvalue weighted by Gasteiger charge is -2.17. The van der Waals surface area contributed by atoms with E-state index in [0.717, 1.165) is 11.3 Å². The molecular weight excluding hydrogens is 212 g/mol. The van der Waals surface area contributed by atoms with Gasteiger partial charge in [0.15, 0.2) is 0 Å². The van der Waals surface area contributed by atoms with Crippen LogP contribution in [-0.2, 0) is 11.3 Å². The lowest BCUT2D eigenvalue weighted by atomic mass is 10.1. The molecule has 1 aromatic carbocycles. The van der Waals surface area contributed by atoms with Gasteiger partial charge in [0.1, 0.15) is 5.88 Å². The number of anilines is 1. The Kier molecular flexibility index (Phi) is 4.43. The van der Waals surface area contributed by atoms with E-state index < -0.39 is 0 Å². The van der Waals surface area contributed by atoms with Gasteiger partial charge in [0.25, 0.3) is 0 Å². The summed E-state index contributed by atoms with van der Waals surface area (Å²) in [6, 6.07) is 7.93. The largest absolute Gasteiger partial charge is 0.377 e. The van der Waals surface area contributed by atoms with Crippen LogP contribution in [0.25, 0.3) is 0 Å². The molecule has 0 aliphatic carbocycles. The van der Waals surface area contributed by atoms with Crippen molar-refractivity contribution in [2.24, 2.45) is 0 Å². The number of hydrogen-bond acceptors (Lipinski definition) is 2. The van der Waals surface area contributed by atoms with Gasteiger partial charge >= 0.3 is 0 Å². The first-order valence-corrected chi connectivity index (χ1v) is 5.26. The normalized spacial score (nSPS) is 9.80. The molecule has 0 saturated carbocycles. The van der Waals surface area contributed by atoms with Crippen molar-refractivity contribution in [1.82, 2.24) is 5.32 Å². The number of rotatable bonds is 4. The van der Waals surface area contributed by atoms with Crippen LogP contribution in [0.3, 0.4) is 0 Å². The molecule has 82 valence electrons. The summed E-state index contributed by atoms with van der Waals surface area (Å²) in [4.78, 5) is 13.0. The molecule has 0 aromatic heterocycles. The van der Waals surface area contributed by atoms with Gasteiger partial charge in [-0.3, -0.25) is 4.79 Å².